The largest absolute Gasteiger partial charge is 0.378 e. The van der Waals surface area contributed by atoms with E-state index in [1.807, 2.05) is 0 Å². The van der Waals surface area contributed by atoms with E-state index in [4.69, 9.17) is 4.74 Å². The lowest BCUT2D eigenvalue weighted by atomic mass is 10.2. The summed E-state index contributed by atoms with van der Waals surface area (Å²) in [6, 6.07) is 13.9. The third-order valence-electron chi connectivity index (χ3n) is 6.33. The molecule has 4 amide bonds. The maximum Gasteiger partial charge on any atom is 0.318 e. The highest BCUT2D eigenvalue weighted by molar-refractivity contribution is 7.90. The van der Waals surface area contributed by atoms with Crippen molar-refractivity contribution in [3.63, 3.8) is 0 Å². The number of ether oxygens (including phenoxy) is 1. The van der Waals surface area contributed by atoms with Gasteiger partial charge in [-0.15, -0.1) is 0 Å². The molecule has 2 fully saturated rings. The molecule has 2 saturated heterocycles. The minimum absolute atomic E-state index is 0.0564. The molecule has 2 heterocycles. The molecule has 0 bridgehead atoms. The van der Waals surface area contributed by atoms with Gasteiger partial charge >= 0.3 is 6.03 Å². The van der Waals surface area contributed by atoms with Crippen molar-refractivity contribution in [3.8, 4) is 0 Å². The molecule has 2 aliphatic heterocycles. The summed E-state index contributed by atoms with van der Waals surface area (Å²) in [5.41, 5.74) is 0.960. The van der Waals surface area contributed by atoms with Crippen LogP contribution in [0.2, 0.25) is 0 Å². The second kappa shape index (κ2) is 12.2. The molecule has 202 valence electrons. The normalized spacial score (nSPS) is 18.6. The first-order valence-corrected chi connectivity index (χ1v) is 14.1. The molecule has 2 aromatic carbocycles. The van der Waals surface area contributed by atoms with Crippen LogP contribution in [0.1, 0.15) is 15.9 Å². The van der Waals surface area contributed by atoms with Crippen LogP contribution in [0.4, 0.5) is 4.79 Å². The minimum Gasteiger partial charge on any atom is -0.378 e. The summed E-state index contributed by atoms with van der Waals surface area (Å²) >= 11 is 0. The number of hydrogen-bond donors (Lipinski definition) is 2. The molecule has 12 heteroatoms. The second-order valence-corrected chi connectivity index (χ2v) is 11.3. The quantitative estimate of drug-likeness (QED) is 0.486. The molecule has 0 saturated carbocycles. The Morgan fingerprint density at radius 2 is 1.58 bits per heavy atom. The van der Waals surface area contributed by atoms with Crippen LogP contribution in [-0.2, 0) is 29.9 Å². The summed E-state index contributed by atoms with van der Waals surface area (Å²) in [5.74, 6) is -2.51. The summed E-state index contributed by atoms with van der Waals surface area (Å²) in [6.07, 6.45) is 0. The second-order valence-electron chi connectivity index (χ2n) is 9.22. The molecule has 2 atom stereocenters. The molecule has 2 aliphatic rings. The lowest BCUT2D eigenvalue weighted by Gasteiger charge is -2.29. The van der Waals surface area contributed by atoms with E-state index in [0.717, 1.165) is 0 Å². The van der Waals surface area contributed by atoms with Crippen molar-refractivity contribution in [3.05, 3.63) is 71.8 Å². The lowest BCUT2D eigenvalue weighted by Crippen LogP contribution is -2.57. The van der Waals surface area contributed by atoms with Crippen LogP contribution in [0.15, 0.2) is 60.7 Å². The summed E-state index contributed by atoms with van der Waals surface area (Å²) in [7, 11) is -3.83. The Morgan fingerprint density at radius 1 is 0.947 bits per heavy atom. The van der Waals surface area contributed by atoms with Gasteiger partial charge in [-0.05, 0) is 17.7 Å². The van der Waals surface area contributed by atoms with Crippen LogP contribution < -0.4 is 10.6 Å². The van der Waals surface area contributed by atoms with E-state index in [0.29, 0.717) is 37.4 Å². The van der Waals surface area contributed by atoms with E-state index >= 15 is 0 Å². The fourth-order valence-electron chi connectivity index (χ4n) is 4.33. The monoisotopic (exact) mass is 542 g/mol. The van der Waals surface area contributed by atoms with E-state index in [9.17, 15) is 27.6 Å². The fourth-order valence-corrected chi connectivity index (χ4v) is 5.89. The average Bonchev–Trinajstić information content (AvgIpc) is 3.28. The van der Waals surface area contributed by atoms with Crippen molar-refractivity contribution < 1.29 is 32.3 Å². The third-order valence-corrected chi connectivity index (χ3v) is 7.94. The number of ketones is 1. The Morgan fingerprint density at radius 3 is 2.24 bits per heavy atom. The smallest absolute Gasteiger partial charge is 0.318 e. The number of nitrogens with one attached hydrogen (secondary N) is 2. The zero-order valence-corrected chi connectivity index (χ0v) is 21.6. The molecule has 38 heavy (non-hydrogen) atoms. The minimum atomic E-state index is -3.83. The van der Waals surface area contributed by atoms with Crippen LogP contribution >= 0.6 is 0 Å². The van der Waals surface area contributed by atoms with Gasteiger partial charge in [-0.25, -0.2) is 13.2 Å². The van der Waals surface area contributed by atoms with Gasteiger partial charge < -0.3 is 25.2 Å². The van der Waals surface area contributed by atoms with Gasteiger partial charge in [0.15, 0.2) is 15.6 Å². The van der Waals surface area contributed by atoms with E-state index in [1.54, 1.807) is 60.7 Å². The van der Waals surface area contributed by atoms with Crippen molar-refractivity contribution in [2.45, 2.75) is 17.8 Å². The van der Waals surface area contributed by atoms with Crippen molar-refractivity contribution >= 4 is 33.5 Å². The number of carbonyl (C=O) groups excluding carboxylic acids is 4. The van der Waals surface area contributed by atoms with Crippen molar-refractivity contribution in [1.29, 1.82) is 0 Å². The Hall–Kier alpha value is -3.77. The molecule has 0 spiro atoms. The van der Waals surface area contributed by atoms with Crippen molar-refractivity contribution in [2.24, 2.45) is 0 Å². The molecule has 0 aromatic heterocycles. The molecule has 2 unspecified atom stereocenters. The number of sulfone groups is 1. The zero-order chi connectivity index (χ0) is 27.1. The van der Waals surface area contributed by atoms with E-state index in [1.165, 1.54) is 9.80 Å². The first-order chi connectivity index (χ1) is 18.2. The van der Waals surface area contributed by atoms with Crippen molar-refractivity contribution in [2.75, 3.05) is 45.1 Å². The Bertz CT molecular complexity index is 1270. The highest BCUT2D eigenvalue weighted by atomic mass is 32.2. The van der Waals surface area contributed by atoms with Gasteiger partial charge in [0, 0.05) is 25.2 Å². The topological polar surface area (TPSA) is 142 Å². The van der Waals surface area contributed by atoms with Crippen molar-refractivity contribution in [1.82, 2.24) is 20.4 Å². The Kier molecular flexibility index (Phi) is 8.74. The SMILES string of the molecule is O=C1CN(C(=O)c2ccccc2)CC1NC(=O)C(CS(=O)(=O)Cc1ccccc1)NC(=O)N1CCOCC1. The standard InChI is InChI=1S/C26H30N4O7S/c31-23-16-30(25(33)20-9-5-2-6-10-20)15-21(23)27-24(32)22(28-26(34)29-11-13-37-14-12-29)18-38(35,36)17-19-7-3-1-4-8-19/h1-10,21-22H,11-18H2,(H,27,32)(H,28,34). The Labute approximate surface area is 221 Å². The van der Waals surface area contributed by atoms with Crippen LogP contribution in [0.5, 0.6) is 0 Å². The van der Waals surface area contributed by atoms with Gasteiger partial charge in [0.25, 0.3) is 5.91 Å². The maximum absolute atomic E-state index is 13.3. The van der Waals surface area contributed by atoms with Crippen LogP contribution in [-0.4, -0.2) is 99.1 Å². The molecular weight excluding hydrogens is 512 g/mol. The predicted molar refractivity (Wildman–Crippen MR) is 138 cm³/mol. The molecule has 11 nitrogen and oxygen atoms in total. The molecule has 0 aliphatic carbocycles. The number of likely N-dealkylation sites (tertiary alicyclic amines) is 1. The van der Waals surface area contributed by atoms with E-state index in [-0.39, 0.29) is 30.5 Å². The van der Waals surface area contributed by atoms with Gasteiger partial charge in [-0.2, -0.15) is 0 Å². The van der Waals surface area contributed by atoms with Crippen LogP contribution in [0.3, 0.4) is 0 Å². The van der Waals surface area contributed by atoms with Gasteiger partial charge in [0.05, 0.1) is 31.3 Å². The van der Waals surface area contributed by atoms with E-state index in [2.05, 4.69) is 10.6 Å². The number of morpholine rings is 1. The van der Waals surface area contributed by atoms with Crippen LogP contribution in [0.25, 0.3) is 0 Å². The van der Waals surface area contributed by atoms with Crippen LogP contribution in [0, 0.1) is 0 Å². The molecule has 2 N–H and O–H groups in total. The number of hydrogen-bond acceptors (Lipinski definition) is 7. The average molecular weight is 543 g/mol. The molecule has 2 aromatic rings. The highest BCUT2D eigenvalue weighted by Crippen LogP contribution is 2.13. The number of rotatable bonds is 8. The number of urea groups is 1. The predicted octanol–water partition coefficient (Wildman–Crippen LogP) is 0.222. The highest BCUT2D eigenvalue weighted by Gasteiger charge is 2.37. The van der Waals surface area contributed by atoms with Gasteiger partial charge in [-0.1, -0.05) is 48.5 Å². The summed E-state index contributed by atoms with van der Waals surface area (Å²) in [6.45, 7) is 1.02. The first-order valence-electron chi connectivity index (χ1n) is 12.3. The third kappa shape index (κ3) is 7.17. The summed E-state index contributed by atoms with van der Waals surface area (Å²) in [5, 5.41) is 5.08. The van der Waals surface area contributed by atoms with Gasteiger partial charge in [0.2, 0.25) is 5.91 Å². The summed E-state index contributed by atoms with van der Waals surface area (Å²) < 4.78 is 31.2. The number of benzene rings is 2. The maximum atomic E-state index is 13.3. The van der Waals surface area contributed by atoms with Gasteiger partial charge in [-0.3, -0.25) is 14.4 Å². The number of carbonyl (C=O) groups is 4. The lowest BCUT2D eigenvalue weighted by molar-refractivity contribution is -0.126. The fraction of sp³-hybridized carbons (Fsp3) is 0.385. The summed E-state index contributed by atoms with van der Waals surface area (Å²) in [4.78, 5) is 54.2. The van der Waals surface area contributed by atoms with Gasteiger partial charge in [0.1, 0.15) is 12.1 Å². The van der Waals surface area contributed by atoms with E-state index < -0.39 is 39.6 Å². The first kappa shape index (κ1) is 27.3. The number of amides is 4. The molecular formula is C26H30N4O7S. The molecule has 0 radical (unpaired) electrons. The number of Topliss-reactive ketones (excluding diaryl/α,β-unsaturated/α-hetero) is 1. The Balaban J connectivity index is 1.45. The molecule has 4 rings (SSSR count). The zero-order valence-electron chi connectivity index (χ0n) is 20.7. The number of nitrogens with zero attached hydrogens (tertiary/aromatic N) is 2.